The molecule has 12 heteroatoms. The molecule has 4 rings (SSSR count). The van der Waals surface area contributed by atoms with E-state index in [9.17, 15) is 10.1 Å². The van der Waals surface area contributed by atoms with Gasteiger partial charge >= 0.3 is 0 Å². The first-order valence-corrected chi connectivity index (χ1v) is 13.4. The zero-order valence-corrected chi connectivity index (χ0v) is 23.9. The number of benzene rings is 3. The van der Waals surface area contributed by atoms with Crippen molar-refractivity contribution in [3.63, 3.8) is 0 Å². The lowest BCUT2D eigenvalue weighted by Gasteiger charge is -2.18. The number of aryl methyl sites for hydroxylation is 1. The lowest BCUT2D eigenvalue weighted by atomic mass is 10.1. The van der Waals surface area contributed by atoms with Crippen LogP contribution in [0.2, 0.25) is 5.02 Å². The molecule has 1 aromatic heterocycles. The average Bonchev–Trinajstić information content (AvgIpc) is 3.26. The van der Waals surface area contributed by atoms with Gasteiger partial charge < -0.3 is 14.2 Å². The van der Waals surface area contributed by atoms with Crippen LogP contribution >= 0.6 is 39.3 Å². The Kier molecular flexibility index (Phi) is 9.13. The number of ether oxygens (including phenoxy) is 3. The third-order valence-electron chi connectivity index (χ3n) is 5.58. The van der Waals surface area contributed by atoms with Gasteiger partial charge in [0.2, 0.25) is 6.54 Å². The van der Waals surface area contributed by atoms with Crippen LogP contribution in [0.1, 0.15) is 22.2 Å². The molecular weight excluding hydrogens is 596 g/mol. The third-order valence-corrected chi connectivity index (χ3v) is 7.59. The summed E-state index contributed by atoms with van der Waals surface area (Å²) in [7, 11) is 3.12. The molecule has 38 heavy (non-hydrogen) atoms. The Morgan fingerprint density at radius 3 is 2.53 bits per heavy atom. The van der Waals surface area contributed by atoms with E-state index in [1.165, 1.54) is 18.9 Å². The fraction of sp³-hybridized carbons (Fsp3) is 0.231. The SMILES string of the molecule is COc1ccc(-n2c(C)nnc2S[C@H](C[N+](=O)[O-])c2cc(Br)c(OCc3cccc(Cl)c3)c(OC)c2)cc1. The van der Waals surface area contributed by atoms with Gasteiger partial charge in [-0.05, 0) is 82.5 Å². The molecule has 0 N–H and O–H groups in total. The fourth-order valence-corrected chi connectivity index (χ4v) is 5.71. The molecule has 0 aliphatic carbocycles. The van der Waals surface area contributed by atoms with Crippen LogP contribution in [0.3, 0.4) is 0 Å². The predicted octanol–water partition coefficient (Wildman–Crippen LogP) is 6.70. The van der Waals surface area contributed by atoms with Crippen LogP contribution in [0.4, 0.5) is 0 Å². The zero-order chi connectivity index (χ0) is 27.2. The van der Waals surface area contributed by atoms with Gasteiger partial charge in [-0.15, -0.1) is 10.2 Å². The van der Waals surface area contributed by atoms with E-state index in [0.717, 1.165) is 17.0 Å². The Morgan fingerprint density at radius 1 is 1.11 bits per heavy atom. The van der Waals surface area contributed by atoms with Crippen LogP contribution in [-0.4, -0.2) is 40.5 Å². The van der Waals surface area contributed by atoms with E-state index in [1.807, 2.05) is 54.0 Å². The standard InChI is InChI=1S/C26H24BrClN4O5S/c1-16-29-30-26(32(16)20-7-9-21(35-2)10-8-20)38-24(14-31(33)34)18-12-22(27)25(23(13-18)36-3)37-15-17-5-4-6-19(28)11-17/h4-13,24H,14-15H2,1-3H3/t24-/m1/s1. The summed E-state index contributed by atoms with van der Waals surface area (Å²) in [5.74, 6) is 2.30. The zero-order valence-electron chi connectivity index (χ0n) is 20.8. The fourth-order valence-electron chi connectivity index (χ4n) is 3.77. The molecule has 3 aromatic carbocycles. The molecule has 4 aromatic rings. The van der Waals surface area contributed by atoms with Gasteiger partial charge in [0.05, 0.1) is 18.7 Å². The van der Waals surface area contributed by atoms with E-state index in [1.54, 1.807) is 25.3 Å². The number of hydrogen-bond acceptors (Lipinski definition) is 8. The van der Waals surface area contributed by atoms with Crippen molar-refractivity contribution in [2.75, 3.05) is 20.8 Å². The number of aromatic nitrogens is 3. The molecule has 0 radical (unpaired) electrons. The lowest BCUT2D eigenvalue weighted by Crippen LogP contribution is -2.12. The van der Waals surface area contributed by atoms with Crippen molar-refractivity contribution in [3.05, 3.63) is 97.2 Å². The molecule has 0 bridgehead atoms. The summed E-state index contributed by atoms with van der Waals surface area (Å²) < 4.78 is 19.3. The Hall–Kier alpha value is -3.28. The summed E-state index contributed by atoms with van der Waals surface area (Å²) in [5.41, 5.74) is 2.39. The molecule has 9 nitrogen and oxygen atoms in total. The molecule has 198 valence electrons. The van der Waals surface area contributed by atoms with Crippen molar-refractivity contribution in [1.82, 2.24) is 14.8 Å². The molecule has 1 heterocycles. The number of hydrogen-bond donors (Lipinski definition) is 0. The number of nitrogens with zero attached hydrogens (tertiary/aromatic N) is 4. The van der Waals surface area contributed by atoms with Gasteiger partial charge in [-0.25, -0.2) is 0 Å². The summed E-state index contributed by atoms with van der Waals surface area (Å²) in [6, 6.07) is 18.4. The number of methoxy groups -OCH3 is 2. The highest BCUT2D eigenvalue weighted by Gasteiger charge is 2.26. The first-order chi connectivity index (χ1) is 18.3. The molecule has 0 saturated carbocycles. The molecule has 0 aliphatic heterocycles. The molecule has 0 aliphatic rings. The minimum Gasteiger partial charge on any atom is -0.497 e. The van der Waals surface area contributed by atoms with E-state index < -0.39 is 5.25 Å². The quantitative estimate of drug-likeness (QED) is 0.104. The van der Waals surface area contributed by atoms with E-state index in [-0.39, 0.29) is 18.1 Å². The minimum atomic E-state index is -0.585. The van der Waals surface area contributed by atoms with Crippen molar-refractivity contribution in [3.8, 4) is 22.9 Å². The second kappa shape index (κ2) is 12.5. The molecule has 0 amide bonds. The monoisotopic (exact) mass is 618 g/mol. The Balaban J connectivity index is 1.64. The highest BCUT2D eigenvalue weighted by Crippen LogP contribution is 2.43. The van der Waals surface area contributed by atoms with E-state index in [0.29, 0.717) is 37.5 Å². The maximum absolute atomic E-state index is 11.7. The largest absolute Gasteiger partial charge is 0.497 e. The van der Waals surface area contributed by atoms with E-state index >= 15 is 0 Å². The summed E-state index contributed by atoms with van der Waals surface area (Å²) in [4.78, 5) is 11.3. The van der Waals surface area contributed by atoms with Crippen molar-refractivity contribution < 1.29 is 19.1 Å². The van der Waals surface area contributed by atoms with Crippen LogP contribution in [0.5, 0.6) is 17.2 Å². The van der Waals surface area contributed by atoms with Crippen LogP contribution in [-0.2, 0) is 6.61 Å². The molecule has 0 fully saturated rings. The van der Waals surface area contributed by atoms with Crippen molar-refractivity contribution in [2.45, 2.75) is 23.9 Å². The molecular formula is C26H24BrClN4O5S. The van der Waals surface area contributed by atoms with Gasteiger partial charge in [0.1, 0.15) is 23.4 Å². The van der Waals surface area contributed by atoms with E-state index in [2.05, 4.69) is 26.1 Å². The van der Waals surface area contributed by atoms with Gasteiger partial charge in [-0.3, -0.25) is 14.7 Å². The minimum absolute atomic E-state index is 0.270. The normalized spacial score (nSPS) is 11.7. The average molecular weight is 620 g/mol. The summed E-state index contributed by atoms with van der Waals surface area (Å²) >= 11 is 10.9. The van der Waals surface area contributed by atoms with Gasteiger partial charge in [0, 0.05) is 15.6 Å². The Labute approximate surface area is 237 Å². The number of rotatable bonds is 11. The van der Waals surface area contributed by atoms with Gasteiger partial charge in [-0.1, -0.05) is 35.5 Å². The lowest BCUT2D eigenvalue weighted by molar-refractivity contribution is -0.479. The Morgan fingerprint density at radius 2 is 1.87 bits per heavy atom. The molecule has 0 unspecified atom stereocenters. The highest BCUT2D eigenvalue weighted by molar-refractivity contribution is 9.10. The van der Waals surface area contributed by atoms with Crippen molar-refractivity contribution >= 4 is 39.3 Å². The second-order valence-electron chi connectivity index (χ2n) is 8.14. The van der Waals surface area contributed by atoms with Crippen molar-refractivity contribution in [2.24, 2.45) is 0 Å². The maximum atomic E-state index is 11.7. The summed E-state index contributed by atoms with van der Waals surface area (Å²) in [6.07, 6.45) is 0. The number of halogens is 2. The second-order valence-corrected chi connectivity index (χ2v) is 10.6. The van der Waals surface area contributed by atoms with Crippen LogP contribution in [0.25, 0.3) is 5.69 Å². The topological polar surface area (TPSA) is 102 Å². The first kappa shape index (κ1) is 27.7. The van der Waals surface area contributed by atoms with Crippen molar-refractivity contribution in [1.29, 1.82) is 0 Å². The Bertz CT molecular complexity index is 1430. The number of nitro groups is 1. The third kappa shape index (κ3) is 6.58. The van der Waals surface area contributed by atoms with Crippen LogP contribution in [0, 0.1) is 17.0 Å². The smallest absolute Gasteiger partial charge is 0.220 e. The van der Waals surface area contributed by atoms with Crippen LogP contribution in [0.15, 0.2) is 70.3 Å². The summed E-state index contributed by atoms with van der Waals surface area (Å²) in [6.45, 7) is 1.76. The van der Waals surface area contributed by atoms with Gasteiger partial charge in [-0.2, -0.15) is 0 Å². The first-order valence-electron chi connectivity index (χ1n) is 11.4. The summed E-state index contributed by atoms with van der Waals surface area (Å²) in [5, 5.41) is 20.7. The highest BCUT2D eigenvalue weighted by atomic mass is 79.9. The van der Waals surface area contributed by atoms with E-state index in [4.69, 9.17) is 25.8 Å². The van der Waals surface area contributed by atoms with Gasteiger partial charge in [0.15, 0.2) is 16.7 Å². The van der Waals surface area contributed by atoms with Crippen LogP contribution < -0.4 is 14.2 Å². The molecule has 0 spiro atoms. The number of thioether (sulfide) groups is 1. The predicted molar refractivity (Wildman–Crippen MR) is 150 cm³/mol. The maximum Gasteiger partial charge on any atom is 0.220 e. The van der Waals surface area contributed by atoms with Gasteiger partial charge in [0.25, 0.3) is 0 Å². The molecule has 1 atom stereocenters. The molecule has 0 saturated heterocycles.